The molecular weight excluding hydrogens is 338 g/mol. The first-order chi connectivity index (χ1) is 11.8. The van der Waals surface area contributed by atoms with Crippen LogP contribution in [0.25, 0.3) is 0 Å². The van der Waals surface area contributed by atoms with E-state index in [0.717, 1.165) is 12.1 Å². The molecule has 0 radical (unpaired) electrons. The molecule has 2 aromatic rings. The Kier molecular flexibility index (Phi) is 5.38. The second kappa shape index (κ2) is 7.47. The molecule has 0 fully saturated rings. The van der Waals surface area contributed by atoms with Gasteiger partial charge in [0.1, 0.15) is 17.3 Å². The van der Waals surface area contributed by atoms with Gasteiger partial charge >= 0.3 is 5.97 Å². The van der Waals surface area contributed by atoms with E-state index in [2.05, 4.69) is 5.32 Å². The largest absolute Gasteiger partial charge is 0.449 e. The van der Waals surface area contributed by atoms with Gasteiger partial charge < -0.3 is 10.1 Å². The van der Waals surface area contributed by atoms with Crippen molar-refractivity contribution in [3.8, 4) is 0 Å². The molecule has 0 bridgehead atoms. The lowest BCUT2D eigenvalue weighted by Crippen LogP contribution is -2.30. The second-order valence-electron chi connectivity index (χ2n) is 4.94. The van der Waals surface area contributed by atoms with Crippen LogP contribution in [0.4, 0.5) is 20.2 Å². The van der Waals surface area contributed by atoms with Crippen LogP contribution in [0.5, 0.6) is 0 Å². The van der Waals surface area contributed by atoms with Gasteiger partial charge in [0.15, 0.2) is 6.10 Å². The molecule has 1 amide bonds. The minimum Gasteiger partial charge on any atom is -0.449 e. The molecule has 0 spiro atoms. The van der Waals surface area contributed by atoms with Crippen LogP contribution in [0.15, 0.2) is 42.5 Å². The molecule has 0 unspecified atom stereocenters. The van der Waals surface area contributed by atoms with Gasteiger partial charge in [0, 0.05) is 12.1 Å². The molecule has 130 valence electrons. The first-order valence-corrected chi connectivity index (χ1v) is 7.00. The van der Waals surface area contributed by atoms with Gasteiger partial charge in [-0.25, -0.2) is 13.6 Å². The number of hydrogen-bond donors (Lipinski definition) is 1. The molecule has 0 heterocycles. The Morgan fingerprint density at radius 1 is 1.20 bits per heavy atom. The molecular formula is C16H12F2N2O5. The van der Waals surface area contributed by atoms with Gasteiger partial charge in [-0.1, -0.05) is 12.1 Å². The Hall–Kier alpha value is -3.36. The summed E-state index contributed by atoms with van der Waals surface area (Å²) in [7, 11) is 0. The second-order valence-corrected chi connectivity index (χ2v) is 4.94. The molecule has 1 atom stereocenters. The highest BCUT2D eigenvalue weighted by atomic mass is 19.1. The number of hydrogen-bond acceptors (Lipinski definition) is 5. The van der Waals surface area contributed by atoms with Crippen LogP contribution in [-0.4, -0.2) is 22.9 Å². The zero-order valence-corrected chi connectivity index (χ0v) is 12.9. The van der Waals surface area contributed by atoms with E-state index in [1.165, 1.54) is 31.2 Å². The van der Waals surface area contributed by atoms with Crippen molar-refractivity contribution in [1.29, 1.82) is 0 Å². The van der Waals surface area contributed by atoms with Gasteiger partial charge in [-0.2, -0.15) is 0 Å². The molecule has 0 aliphatic heterocycles. The van der Waals surface area contributed by atoms with Crippen LogP contribution in [-0.2, 0) is 9.53 Å². The third-order valence-corrected chi connectivity index (χ3v) is 3.16. The highest BCUT2D eigenvalue weighted by Gasteiger charge is 2.23. The van der Waals surface area contributed by atoms with Crippen LogP contribution in [0.3, 0.4) is 0 Å². The number of esters is 1. The number of benzene rings is 2. The lowest BCUT2D eigenvalue weighted by atomic mass is 10.2. The van der Waals surface area contributed by atoms with E-state index in [-0.39, 0.29) is 11.4 Å². The van der Waals surface area contributed by atoms with Crippen molar-refractivity contribution in [2.45, 2.75) is 13.0 Å². The Bertz CT molecular complexity index is 841. The van der Waals surface area contributed by atoms with Crippen molar-refractivity contribution in [2.75, 3.05) is 5.32 Å². The van der Waals surface area contributed by atoms with Crippen molar-refractivity contribution < 1.29 is 28.0 Å². The molecule has 0 saturated carbocycles. The fourth-order valence-corrected chi connectivity index (χ4v) is 1.91. The van der Waals surface area contributed by atoms with Crippen molar-refractivity contribution in [1.82, 2.24) is 0 Å². The number of ether oxygens (including phenoxy) is 1. The molecule has 9 heteroatoms. The summed E-state index contributed by atoms with van der Waals surface area (Å²) in [6.45, 7) is 1.21. The van der Waals surface area contributed by atoms with Gasteiger partial charge in [0.25, 0.3) is 11.6 Å². The van der Waals surface area contributed by atoms with Gasteiger partial charge in [0.05, 0.1) is 10.5 Å². The smallest absolute Gasteiger partial charge is 0.341 e. The zero-order valence-electron chi connectivity index (χ0n) is 12.9. The number of nitrogens with zero attached hydrogens (tertiary/aromatic N) is 1. The third kappa shape index (κ3) is 4.34. The fraction of sp³-hybridized carbons (Fsp3) is 0.125. The van der Waals surface area contributed by atoms with Gasteiger partial charge in [-0.05, 0) is 25.1 Å². The van der Waals surface area contributed by atoms with Gasteiger partial charge in [-0.15, -0.1) is 0 Å². The average Bonchev–Trinajstić information content (AvgIpc) is 2.54. The third-order valence-electron chi connectivity index (χ3n) is 3.16. The topological polar surface area (TPSA) is 98.5 Å². The Labute approximate surface area is 140 Å². The Balaban J connectivity index is 2.08. The number of carbonyl (C=O) groups excluding carboxylic acids is 2. The fourth-order valence-electron chi connectivity index (χ4n) is 1.91. The SMILES string of the molecule is C[C@H](OC(=O)c1ccc(F)cc1F)C(=O)Nc1ccccc1[N+](=O)[O-]. The highest BCUT2D eigenvalue weighted by Crippen LogP contribution is 2.23. The highest BCUT2D eigenvalue weighted by molar-refractivity contribution is 5.98. The van der Waals surface area contributed by atoms with E-state index in [0.29, 0.717) is 6.07 Å². The molecule has 7 nitrogen and oxygen atoms in total. The van der Waals surface area contributed by atoms with E-state index in [1.54, 1.807) is 0 Å². The van der Waals surface area contributed by atoms with E-state index in [1.807, 2.05) is 0 Å². The Morgan fingerprint density at radius 2 is 1.88 bits per heavy atom. The lowest BCUT2D eigenvalue weighted by Gasteiger charge is -2.14. The van der Waals surface area contributed by atoms with Crippen molar-refractivity contribution in [2.24, 2.45) is 0 Å². The van der Waals surface area contributed by atoms with E-state index in [4.69, 9.17) is 4.74 Å². The lowest BCUT2D eigenvalue weighted by molar-refractivity contribution is -0.383. The molecule has 1 N–H and O–H groups in total. The predicted octanol–water partition coefficient (Wildman–Crippen LogP) is 3.06. The first kappa shape index (κ1) is 18.0. The molecule has 0 aliphatic rings. The minimum absolute atomic E-state index is 0.0756. The maximum Gasteiger partial charge on any atom is 0.341 e. The summed E-state index contributed by atoms with van der Waals surface area (Å²) in [5, 5.41) is 13.2. The van der Waals surface area contributed by atoms with Crippen LogP contribution in [0, 0.1) is 21.7 Å². The van der Waals surface area contributed by atoms with E-state index in [9.17, 15) is 28.5 Å². The van der Waals surface area contributed by atoms with Crippen molar-refractivity contribution >= 4 is 23.3 Å². The maximum absolute atomic E-state index is 13.5. The van der Waals surface area contributed by atoms with Crippen LogP contribution < -0.4 is 5.32 Å². The quantitative estimate of drug-likeness (QED) is 0.508. The number of halogens is 2. The Morgan fingerprint density at radius 3 is 2.52 bits per heavy atom. The van der Waals surface area contributed by atoms with E-state index < -0.39 is 40.1 Å². The van der Waals surface area contributed by atoms with Crippen molar-refractivity contribution in [3.05, 3.63) is 69.8 Å². The number of nitrogens with one attached hydrogen (secondary N) is 1. The summed E-state index contributed by atoms with van der Waals surface area (Å²) < 4.78 is 31.2. The summed E-state index contributed by atoms with van der Waals surface area (Å²) in [6, 6.07) is 7.68. The van der Waals surface area contributed by atoms with Crippen molar-refractivity contribution in [3.63, 3.8) is 0 Å². The number of rotatable bonds is 5. The zero-order chi connectivity index (χ0) is 18.6. The molecule has 0 aromatic heterocycles. The minimum atomic E-state index is -1.36. The molecule has 25 heavy (non-hydrogen) atoms. The number of nitro groups is 1. The van der Waals surface area contributed by atoms with Crippen LogP contribution in [0.1, 0.15) is 17.3 Å². The summed E-state index contributed by atoms with van der Waals surface area (Å²) in [5.74, 6) is -4.00. The number of carbonyl (C=O) groups is 2. The average molecular weight is 350 g/mol. The summed E-state index contributed by atoms with van der Waals surface area (Å²) in [6.07, 6.45) is -1.36. The summed E-state index contributed by atoms with van der Waals surface area (Å²) in [4.78, 5) is 34.1. The van der Waals surface area contributed by atoms with E-state index >= 15 is 0 Å². The number of nitro benzene ring substituents is 1. The van der Waals surface area contributed by atoms with Crippen LogP contribution >= 0.6 is 0 Å². The normalized spacial score (nSPS) is 11.5. The number of amides is 1. The first-order valence-electron chi connectivity index (χ1n) is 7.00. The monoisotopic (exact) mass is 350 g/mol. The number of anilines is 1. The summed E-state index contributed by atoms with van der Waals surface area (Å²) in [5.41, 5.74) is -0.945. The molecule has 2 rings (SSSR count). The summed E-state index contributed by atoms with van der Waals surface area (Å²) >= 11 is 0. The van der Waals surface area contributed by atoms with Gasteiger partial charge in [-0.3, -0.25) is 14.9 Å². The standard InChI is InChI=1S/C16H12F2N2O5/c1-9(25-16(22)11-7-6-10(17)8-12(11)18)15(21)19-13-4-2-3-5-14(13)20(23)24/h2-9H,1H3,(H,19,21)/t9-/m0/s1. The van der Waals surface area contributed by atoms with Crippen LogP contribution in [0.2, 0.25) is 0 Å². The number of para-hydroxylation sites is 2. The molecule has 0 saturated heterocycles. The van der Waals surface area contributed by atoms with Gasteiger partial charge in [0.2, 0.25) is 0 Å². The molecule has 2 aromatic carbocycles. The maximum atomic E-state index is 13.5. The molecule has 0 aliphatic carbocycles. The predicted molar refractivity (Wildman–Crippen MR) is 83.0 cm³/mol.